The van der Waals surface area contributed by atoms with E-state index in [1.165, 1.54) is 18.2 Å². The van der Waals surface area contributed by atoms with Gasteiger partial charge in [-0.25, -0.2) is 0 Å². The fourth-order valence-corrected chi connectivity index (χ4v) is 1.77. The number of hydrogen-bond acceptors (Lipinski definition) is 6. The number of cyclic esters (lactones) is 1. The van der Waals surface area contributed by atoms with Gasteiger partial charge in [-0.3, -0.25) is 9.59 Å². The molecule has 0 bridgehead atoms. The number of phenolic OH excluding ortho intramolecular Hbond substituents is 2. The van der Waals surface area contributed by atoms with Gasteiger partial charge in [-0.2, -0.15) is 0 Å². The molecule has 1 atom stereocenters. The molecule has 2 rings (SSSR count). The Morgan fingerprint density at radius 3 is 2.50 bits per heavy atom. The Morgan fingerprint density at radius 2 is 1.85 bits per heavy atom. The average Bonchev–Trinajstić information content (AvgIpc) is 2.38. The molecule has 0 saturated carbocycles. The fraction of sp³-hybridized carbons (Fsp3) is 0.143. The summed E-state index contributed by atoms with van der Waals surface area (Å²) >= 11 is 0. The van der Waals surface area contributed by atoms with Crippen molar-refractivity contribution in [3.8, 4) is 11.5 Å². The molecule has 0 radical (unpaired) electrons. The SMILES string of the molecule is O=C(/C=C/c1cc(O)cc(O)c1)C1CC(O)=COC1=O. The zero-order valence-corrected chi connectivity index (χ0v) is 10.3. The van der Waals surface area contributed by atoms with Crippen molar-refractivity contribution >= 4 is 17.8 Å². The number of benzene rings is 1. The predicted octanol–water partition coefficient (Wildman–Crippen LogP) is 1.64. The van der Waals surface area contributed by atoms with E-state index in [0.717, 1.165) is 18.4 Å². The minimum atomic E-state index is -1.08. The average molecular weight is 276 g/mol. The van der Waals surface area contributed by atoms with Crippen LogP contribution in [-0.4, -0.2) is 27.1 Å². The van der Waals surface area contributed by atoms with Gasteiger partial charge in [-0.05, 0) is 23.8 Å². The van der Waals surface area contributed by atoms with Crippen molar-refractivity contribution < 1.29 is 29.6 Å². The van der Waals surface area contributed by atoms with Crippen molar-refractivity contribution in [1.82, 2.24) is 0 Å². The van der Waals surface area contributed by atoms with Crippen LogP contribution in [0.4, 0.5) is 0 Å². The van der Waals surface area contributed by atoms with Crippen LogP contribution < -0.4 is 0 Å². The van der Waals surface area contributed by atoms with Gasteiger partial charge >= 0.3 is 5.97 Å². The van der Waals surface area contributed by atoms with Crippen LogP contribution in [0.25, 0.3) is 6.08 Å². The molecular weight excluding hydrogens is 264 g/mol. The van der Waals surface area contributed by atoms with Crippen LogP contribution in [-0.2, 0) is 14.3 Å². The summed E-state index contributed by atoms with van der Waals surface area (Å²) in [6.07, 6.45) is 3.29. The first-order chi connectivity index (χ1) is 9.45. The van der Waals surface area contributed by atoms with E-state index in [1.54, 1.807) is 0 Å². The van der Waals surface area contributed by atoms with Crippen molar-refractivity contribution in [2.45, 2.75) is 6.42 Å². The van der Waals surface area contributed by atoms with E-state index >= 15 is 0 Å². The number of allylic oxidation sites excluding steroid dienone is 2. The number of phenols is 2. The van der Waals surface area contributed by atoms with Crippen molar-refractivity contribution in [2.24, 2.45) is 5.92 Å². The third-order valence-electron chi connectivity index (χ3n) is 2.72. The van der Waals surface area contributed by atoms with E-state index in [1.807, 2.05) is 0 Å². The molecule has 0 aromatic heterocycles. The second kappa shape index (κ2) is 5.48. The lowest BCUT2D eigenvalue weighted by atomic mass is 9.97. The van der Waals surface area contributed by atoms with E-state index in [9.17, 15) is 24.9 Å². The van der Waals surface area contributed by atoms with Gasteiger partial charge < -0.3 is 20.1 Å². The molecule has 1 heterocycles. The van der Waals surface area contributed by atoms with Crippen molar-refractivity contribution in [1.29, 1.82) is 0 Å². The summed E-state index contributed by atoms with van der Waals surface area (Å²) in [5, 5.41) is 27.8. The number of carbonyl (C=O) groups is 2. The van der Waals surface area contributed by atoms with Gasteiger partial charge in [0.15, 0.2) is 5.78 Å². The molecule has 0 saturated heterocycles. The number of ketones is 1. The molecule has 20 heavy (non-hydrogen) atoms. The highest BCUT2D eigenvalue weighted by Crippen LogP contribution is 2.22. The third kappa shape index (κ3) is 3.17. The molecule has 0 amide bonds. The molecule has 1 aromatic carbocycles. The molecule has 1 unspecified atom stereocenters. The third-order valence-corrected chi connectivity index (χ3v) is 2.72. The lowest BCUT2D eigenvalue weighted by molar-refractivity contribution is -0.148. The highest BCUT2D eigenvalue weighted by atomic mass is 16.5. The molecule has 104 valence electrons. The maximum absolute atomic E-state index is 11.8. The van der Waals surface area contributed by atoms with Gasteiger partial charge in [0, 0.05) is 12.5 Å². The van der Waals surface area contributed by atoms with Crippen LogP contribution in [0.2, 0.25) is 0 Å². The predicted molar refractivity (Wildman–Crippen MR) is 68.7 cm³/mol. The Labute approximate surface area is 114 Å². The maximum atomic E-state index is 11.8. The summed E-state index contributed by atoms with van der Waals surface area (Å²) in [6, 6.07) is 3.85. The van der Waals surface area contributed by atoms with E-state index in [2.05, 4.69) is 4.74 Å². The van der Waals surface area contributed by atoms with Crippen molar-refractivity contribution in [3.05, 3.63) is 41.9 Å². The van der Waals surface area contributed by atoms with Crippen molar-refractivity contribution in [3.63, 3.8) is 0 Å². The van der Waals surface area contributed by atoms with Gasteiger partial charge in [0.05, 0.1) is 0 Å². The molecular formula is C14H12O6. The number of ether oxygens (including phenoxy) is 1. The summed E-state index contributed by atoms with van der Waals surface area (Å²) < 4.78 is 4.53. The number of rotatable bonds is 3. The number of aliphatic hydroxyl groups is 1. The fourth-order valence-electron chi connectivity index (χ4n) is 1.77. The first-order valence-electron chi connectivity index (χ1n) is 5.79. The lowest BCUT2D eigenvalue weighted by Gasteiger charge is -2.15. The molecule has 0 spiro atoms. The summed E-state index contributed by atoms with van der Waals surface area (Å²) in [5.74, 6) is -2.80. The highest BCUT2D eigenvalue weighted by molar-refractivity contribution is 6.07. The van der Waals surface area contributed by atoms with Crippen LogP contribution in [0, 0.1) is 5.92 Å². The van der Waals surface area contributed by atoms with Gasteiger partial charge in [0.1, 0.15) is 29.4 Å². The van der Waals surface area contributed by atoms with Crippen LogP contribution in [0.1, 0.15) is 12.0 Å². The van der Waals surface area contributed by atoms with E-state index in [-0.39, 0.29) is 23.7 Å². The molecule has 1 aliphatic heterocycles. The topological polar surface area (TPSA) is 104 Å². The second-order valence-electron chi connectivity index (χ2n) is 4.32. The number of aliphatic hydroxyl groups excluding tert-OH is 1. The van der Waals surface area contributed by atoms with E-state index in [0.29, 0.717) is 5.56 Å². The van der Waals surface area contributed by atoms with E-state index in [4.69, 9.17) is 0 Å². The van der Waals surface area contributed by atoms with Gasteiger partial charge in [-0.15, -0.1) is 0 Å². The van der Waals surface area contributed by atoms with Gasteiger partial charge in [-0.1, -0.05) is 6.08 Å². The number of aromatic hydroxyl groups is 2. The summed E-state index contributed by atoms with van der Waals surface area (Å²) in [5.41, 5.74) is 0.403. The van der Waals surface area contributed by atoms with Crippen LogP contribution in [0.15, 0.2) is 36.3 Å². The van der Waals surface area contributed by atoms with Crippen molar-refractivity contribution in [2.75, 3.05) is 0 Å². The second-order valence-corrected chi connectivity index (χ2v) is 4.32. The Kier molecular flexibility index (Phi) is 3.74. The minimum Gasteiger partial charge on any atom is -0.509 e. The Hall–Kier alpha value is -2.76. The quantitative estimate of drug-likeness (QED) is 0.440. The highest BCUT2D eigenvalue weighted by Gasteiger charge is 2.30. The first-order valence-corrected chi connectivity index (χ1v) is 5.79. The molecule has 1 aromatic rings. The largest absolute Gasteiger partial charge is 0.509 e. The molecule has 3 N–H and O–H groups in total. The standard InChI is InChI=1S/C14H12O6/c15-9-3-8(4-10(16)5-9)1-2-13(18)12-6-11(17)7-20-14(12)19/h1-5,7,12,15-17H,6H2/b2-1+. The monoisotopic (exact) mass is 276 g/mol. The van der Waals surface area contributed by atoms with Gasteiger partial charge in [0.2, 0.25) is 0 Å². The molecule has 1 aliphatic rings. The Balaban J connectivity index is 2.13. The maximum Gasteiger partial charge on any atom is 0.322 e. The number of esters is 1. The molecule has 6 nitrogen and oxygen atoms in total. The summed E-state index contributed by atoms with van der Waals surface area (Å²) in [4.78, 5) is 23.2. The molecule has 0 fully saturated rings. The normalized spacial score (nSPS) is 18.7. The summed E-state index contributed by atoms with van der Waals surface area (Å²) in [7, 11) is 0. The zero-order valence-electron chi connectivity index (χ0n) is 10.3. The van der Waals surface area contributed by atoms with E-state index < -0.39 is 17.7 Å². The van der Waals surface area contributed by atoms with Crippen LogP contribution >= 0.6 is 0 Å². The minimum absolute atomic E-state index is 0.104. The smallest absolute Gasteiger partial charge is 0.322 e. The lowest BCUT2D eigenvalue weighted by Crippen LogP contribution is -2.27. The Morgan fingerprint density at radius 1 is 1.20 bits per heavy atom. The number of carbonyl (C=O) groups excluding carboxylic acids is 2. The van der Waals surface area contributed by atoms with Crippen LogP contribution in [0.3, 0.4) is 0 Å². The number of hydrogen-bond donors (Lipinski definition) is 3. The zero-order chi connectivity index (χ0) is 14.7. The molecule has 0 aliphatic carbocycles. The first kappa shape index (κ1) is 13.7. The van der Waals surface area contributed by atoms with Crippen LogP contribution in [0.5, 0.6) is 11.5 Å². The Bertz CT molecular complexity index is 594. The van der Waals surface area contributed by atoms with Gasteiger partial charge in [0.25, 0.3) is 0 Å². The molecule has 6 heteroatoms. The summed E-state index contributed by atoms with van der Waals surface area (Å²) in [6.45, 7) is 0.